The monoisotopic (exact) mass is 448 g/mol. The maximum atomic E-state index is 13.8. The predicted octanol–water partition coefficient (Wildman–Crippen LogP) is 3.40. The minimum absolute atomic E-state index is 0.0834. The van der Waals surface area contributed by atoms with Crippen molar-refractivity contribution in [2.75, 3.05) is 44.1 Å². The molecule has 0 aliphatic carbocycles. The summed E-state index contributed by atoms with van der Waals surface area (Å²) in [6.45, 7) is 7.47. The molecule has 0 aliphatic heterocycles. The van der Waals surface area contributed by atoms with Gasteiger partial charge in [-0.1, -0.05) is 23.5 Å². The molecule has 0 unspecified atom stereocenters. The normalized spacial score (nSPS) is 11.7. The van der Waals surface area contributed by atoms with E-state index in [0.717, 1.165) is 6.42 Å². The second-order valence-corrected chi connectivity index (χ2v) is 9.26. The number of halogens is 1. The predicted molar refractivity (Wildman–Crippen MR) is 122 cm³/mol. The van der Waals surface area contributed by atoms with Crippen molar-refractivity contribution in [3.05, 3.63) is 30.1 Å². The largest absolute Gasteiger partial charge is 0.385 e. The molecule has 1 amide bonds. The lowest BCUT2D eigenvalue weighted by Crippen LogP contribution is -2.35. The number of aromatic nitrogens is 3. The Kier molecular flexibility index (Phi) is 7.11. The molecule has 1 aromatic carbocycles. The number of carbonyl (C=O) groups excluding carboxylic acids is 1. The number of nitrogens with one attached hydrogen (secondary N) is 2. The van der Waals surface area contributed by atoms with Crippen LogP contribution in [0.5, 0.6) is 0 Å². The van der Waals surface area contributed by atoms with Crippen LogP contribution in [0.1, 0.15) is 27.2 Å². The number of hydrogen-bond acceptors (Lipinski definition) is 7. The molecule has 3 rings (SSSR count). The zero-order chi connectivity index (χ0) is 22.6. The number of ether oxygens (including phenoxy) is 1. The molecule has 10 heteroatoms. The highest BCUT2D eigenvalue weighted by Crippen LogP contribution is 2.34. The summed E-state index contributed by atoms with van der Waals surface area (Å²) in [6.07, 6.45) is 0.766. The van der Waals surface area contributed by atoms with E-state index in [9.17, 15) is 9.18 Å². The summed E-state index contributed by atoms with van der Waals surface area (Å²) in [4.78, 5) is 19.3. The lowest BCUT2D eigenvalue weighted by atomic mass is 10.1. The van der Waals surface area contributed by atoms with Crippen molar-refractivity contribution in [2.24, 2.45) is 0 Å². The van der Waals surface area contributed by atoms with Crippen molar-refractivity contribution in [2.45, 2.75) is 32.7 Å². The number of methoxy groups -OCH3 is 1. The van der Waals surface area contributed by atoms with E-state index in [0.29, 0.717) is 40.3 Å². The molecule has 2 heterocycles. The smallest absolute Gasteiger partial charge is 0.239 e. The summed E-state index contributed by atoms with van der Waals surface area (Å²) in [5.74, 6) is 0.286. The molecule has 0 aliphatic rings. The van der Waals surface area contributed by atoms with E-state index in [1.807, 2.05) is 33.9 Å². The number of fused-ring (bicyclic) bond motifs is 1. The lowest BCUT2D eigenvalue weighted by molar-refractivity contribution is -0.119. The van der Waals surface area contributed by atoms with Gasteiger partial charge in [-0.15, -0.1) is 5.10 Å². The molecular weight excluding hydrogens is 419 g/mol. The molecule has 0 spiro atoms. The standard InChI is InChI=1S/C21H29FN6O2S/c1-21(2,3)25-18-17(14-8-6-9-15(22)12-14)24-19-28(18)26-20(31-19)27(4)13-16(29)23-10-7-11-30-5/h6,8-9,12,25H,7,10-11,13H2,1-5H3,(H,23,29). The first-order valence-corrected chi connectivity index (χ1v) is 10.9. The molecule has 31 heavy (non-hydrogen) atoms. The number of likely N-dealkylation sites (N-methyl/N-ethyl adjacent to an activating group) is 1. The first-order chi connectivity index (χ1) is 14.7. The van der Waals surface area contributed by atoms with Gasteiger partial charge in [0.25, 0.3) is 0 Å². The molecule has 2 N–H and O–H groups in total. The molecule has 0 saturated carbocycles. The number of rotatable bonds is 9. The fourth-order valence-electron chi connectivity index (χ4n) is 2.98. The van der Waals surface area contributed by atoms with Gasteiger partial charge in [0.2, 0.25) is 16.0 Å². The first kappa shape index (κ1) is 23.0. The Hall–Kier alpha value is -2.72. The molecule has 168 valence electrons. The van der Waals surface area contributed by atoms with E-state index in [-0.39, 0.29) is 23.8 Å². The van der Waals surface area contributed by atoms with Crippen LogP contribution in [-0.2, 0) is 9.53 Å². The third kappa shape index (κ3) is 5.92. The highest BCUT2D eigenvalue weighted by atomic mass is 32.1. The van der Waals surface area contributed by atoms with Crippen molar-refractivity contribution in [1.29, 1.82) is 0 Å². The highest BCUT2D eigenvalue weighted by Gasteiger charge is 2.23. The van der Waals surface area contributed by atoms with Gasteiger partial charge in [0.1, 0.15) is 11.5 Å². The third-order valence-corrected chi connectivity index (χ3v) is 5.36. The van der Waals surface area contributed by atoms with Gasteiger partial charge in [-0.2, -0.15) is 4.52 Å². The van der Waals surface area contributed by atoms with Crippen molar-refractivity contribution < 1.29 is 13.9 Å². The van der Waals surface area contributed by atoms with Crippen LogP contribution in [0.15, 0.2) is 24.3 Å². The topological polar surface area (TPSA) is 83.8 Å². The fraction of sp³-hybridized carbons (Fsp3) is 0.476. The van der Waals surface area contributed by atoms with Gasteiger partial charge in [-0.3, -0.25) is 4.79 Å². The average Bonchev–Trinajstić information content (AvgIpc) is 3.24. The van der Waals surface area contributed by atoms with Gasteiger partial charge in [-0.25, -0.2) is 9.37 Å². The Bertz CT molecular complexity index is 1040. The Morgan fingerprint density at radius 1 is 1.35 bits per heavy atom. The summed E-state index contributed by atoms with van der Waals surface area (Å²) in [5, 5.41) is 11.6. The first-order valence-electron chi connectivity index (χ1n) is 10.1. The van der Waals surface area contributed by atoms with Crippen LogP contribution in [0, 0.1) is 5.82 Å². The molecule has 0 fully saturated rings. The van der Waals surface area contributed by atoms with Crippen molar-refractivity contribution in [3.63, 3.8) is 0 Å². The van der Waals surface area contributed by atoms with Gasteiger partial charge in [0.15, 0.2) is 5.82 Å². The van der Waals surface area contributed by atoms with E-state index in [1.165, 1.54) is 23.5 Å². The van der Waals surface area contributed by atoms with E-state index in [4.69, 9.17) is 9.72 Å². The number of anilines is 2. The van der Waals surface area contributed by atoms with Crippen LogP contribution in [0.2, 0.25) is 0 Å². The lowest BCUT2D eigenvalue weighted by Gasteiger charge is -2.22. The number of nitrogens with zero attached hydrogens (tertiary/aromatic N) is 4. The summed E-state index contributed by atoms with van der Waals surface area (Å²) in [5.41, 5.74) is 1.06. The van der Waals surface area contributed by atoms with E-state index in [2.05, 4.69) is 15.7 Å². The number of hydrogen-bond donors (Lipinski definition) is 2. The fourth-order valence-corrected chi connectivity index (χ4v) is 3.84. The zero-order valence-corrected chi connectivity index (χ0v) is 19.3. The van der Waals surface area contributed by atoms with Crippen molar-refractivity contribution in [3.8, 4) is 11.3 Å². The number of imidazole rings is 1. The third-order valence-electron chi connectivity index (χ3n) is 4.34. The molecule has 0 radical (unpaired) electrons. The van der Waals surface area contributed by atoms with Gasteiger partial charge >= 0.3 is 0 Å². The quantitative estimate of drug-likeness (QED) is 0.488. The molecule has 0 bridgehead atoms. The van der Waals surface area contributed by atoms with Crippen molar-refractivity contribution in [1.82, 2.24) is 19.9 Å². The minimum atomic E-state index is -0.319. The maximum Gasteiger partial charge on any atom is 0.239 e. The average molecular weight is 449 g/mol. The van der Waals surface area contributed by atoms with Gasteiger partial charge < -0.3 is 20.3 Å². The SMILES string of the molecule is COCCCNC(=O)CN(C)c1nn2c(NC(C)(C)C)c(-c3cccc(F)c3)nc2s1. The van der Waals surface area contributed by atoms with Crippen LogP contribution in [-0.4, -0.2) is 59.9 Å². The number of carbonyl (C=O) groups is 1. The number of amides is 1. The van der Waals surface area contributed by atoms with Crippen LogP contribution >= 0.6 is 11.3 Å². The molecule has 0 atom stereocenters. The maximum absolute atomic E-state index is 13.8. The van der Waals surface area contributed by atoms with Crippen LogP contribution in [0.25, 0.3) is 16.2 Å². The Balaban J connectivity index is 1.85. The molecule has 2 aromatic heterocycles. The van der Waals surface area contributed by atoms with Gasteiger partial charge in [-0.05, 0) is 39.3 Å². The van der Waals surface area contributed by atoms with Gasteiger partial charge in [0, 0.05) is 38.4 Å². The summed E-state index contributed by atoms with van der Waals surface area (Å²) >= 11 is 1.37. The van der Waals surface area contributed by atoms with Gasteiger partial charge in [0.05, 0.1) is 6.54 Å². The molecule has 3 aromatic rings. The Labute approximate surface area is 185 Å². The Morgan fingerprint density at radius 2 is 2.13 bits per heavy atom. The summed E-state index contributed by atoms with van der Waals surface area (Å²) in [6, 6.07) is 6.35. The summed E-state index contributed by atoms with van der Waals surface area (Å²) in [7, 11) is 3.45. The van der Waals surface area contributed by atoms with Crippen LogP contribution in [0.3, 0.4) is 0 Å². The second kappa shape index (κ2) is 9.61. The second-order valence-electron chi connectivity index (χ2n) is 8.33. The zero-order valence-electron chi connectivity index (χ0n) is 18.5. The van der Waals surface area contributed by atoms with E-state index < -0.39 is 0 Å². The number of benzene rings is 1. The molecular formula is C21H29FN6O2S. The van der Waals surface area contributed by atoms with E-state index >= 15 is 0 Å². The minimum Gasteiger partial charge on any atom is -0.385 e. The highest BCUT2D eigenvalue weighted by molar-refractivity contribution is 7.20. The van der Waals surface area contributed by atoms with E-state index in [1.54, 1.807) is 22.6 Å². The summed E-state index contributed by atoms with van der Waals surface area (Å²) < 4.78 is 20.5. The van der Waals surface area contributed by atoms with Crippen LogP contribution in [0.4, 0.5) is 15.3 Å². The van der Waals surface area contributed by atoms with Crippen LogP contribution < -0.4 is 15.5 Å². The van der Waals surface area contributed by atoms with Crippen molar-refractivity contribution >= 4 is 33.2 Å². The Morgan fingerprint density at radius 3 is 2.81 bits per heavy atom. The molecule has 8 nitrogen and oxygen atoms in total. The molecule has 0 saturated heterocycles.